The molecule has 2 heterocycles. The molecule has 0 spiro atoms. The van der Waals surface area contributed by atoms with Crippen molar-refractivity contribution < 1.29 is 14.3 Å². The molecule has 4 rings (SSSR count). The molecule has 1 aliphatic heterocycles. The van der Waals surface area contributed by atoms with E-state index in [1.165, 1.54) is 38.5 Å². The third-order valence-corrected chi connectivity index (χ3v) is 6.61. The first-order chi connectivity index (χ1) is 13.8. The summed E-state index contributed by atoms with van der Waals surface area (Å²) in [6, 6.07) is 4.58. The van der Waals surface area contributed by atoms with Gasteiger partial charge in [0.25, 0.3) is 5.91 Å². The molecule has 1 saturated heterocycles. The van der Waals surface area contributed by atoms with Gasteiger partial charge in [0.15, 0.2) is 0 Å². The fraction of sp³-hybridized carbons (Fsp3) is 0.739. The van der Waals surface area contributed by atoms with Crippen LogP contribution in [0.3, 0.4) is 0 Å². The molecule has 0 N–H and O–H groups in total. The Morgan fingerprint density at radius 3 is 2.04 bits per heavy atom. The average Bonchev–Trinajstić information content (AvgIpc) is 2.77. The molecule has 2 aliphatic carbocycles. The lowest BCUT2D eigenvalue weighted by Crippen LogP contribution is -2.48. The van der Waals surface area contributed by atoms with Crippen LogP contribution in [-0.4, -0.2) is 47.2 Å². The van der Waals surface area contributed by atoms with E-state index in [1.807, 2.05) is 12.1 Å². The highest BCUT2D eigenvalue weighted by Gasteiger charge is 2.33. The molecule has 5 heteroatoms. The summed E-state index contributed by atoms with van der Waals surface area (Å²) in [6.07, 6.45) is 15.9. The number of ether oxygens (including phenoxy) is 2. The van der Waals surface area contributed by atoms with E-state index in [0.717, 1.165) is 51.7 Å². The van der Waals surface area contributed by atoms with Crippen LogP contribution in [0.4, 0.5) is 0 Å². The smallest absolute Gasteiger partial charge is 0.255 e. The molecule has 28 heavy (non-hydrogen) atoms. The first-order valence-electron chi connectivity index (χ1n) is 11.3. The van der Waals surface area contributed by atoms with Crippen molar-refractivity contribution in [3.8, 4) is 5.88 Å². The van der Waals surface area contributed by atoms with Crippen molar-refractivity contribution in [2.75, 3.05) is 13.2 Å². The topological polar surface area (TPSA) is 51.7 Å². The highest BCUT2D eigenvalue weighted by Crippen LogP contribution is 2.31. The Balaban J connectivity index is 1.45. The largest absolute Gasteiger partial charge is 0.474 e. The first kappa shape index (κ1) is 19.7. The van der Waals surface area contributed by atoms with Crippen LogP contribution in [-0.2, 0) is 4.74 Å². The third kappa shape index (κ3) is 4.86. The van der Waals surface area contributed by atoms with E-state index in [1.54, 1.807) is 6.20 Å². The van der Waals surface area contributed by atoms with Gasteiger partial charge in [0.2, 0.25) is 5.88 Å². The number of carbonyl (C=O) groups excluding carboxylic acids is 1. The number of aromatic nitrogens is 1. The molecule has 0 atom stereocenters. The Bertz CT molecular complexity index is 597. The Morgan fingerprint density at radius 1 is 0.893 bits per heavy atom. The highest BCUT2D eigenvalue weighted by atomic mass is 16.5. The Hall–Kier alpha value is -1.62. The van der Waals surface area contributed by atoms with Crippen LogP contribution >= 0.6 is 0 Å². The SMILES string of the molecule is O=C(c1ccc(OC2CCOCC2)nc1)N(C1CCCCC1)C1CCCCC1. The Kier molecular flexibility index (Phi) is 6.84. The Labute approximate surface area is 168 Å². The summed E-state index contributed by atoms with van der Waals surface area (Å²) < 4.78 is 11.3. The lowest BCUT2D eigenvalue weighted by Gasteiger charge is -2.41. The maximum atomic E-state index is 13.5. The quantitative estimate of drug-likeness (QED) is 0.733. The van der Waals surface area contributed by atoms with E-state index in [4.69, 9.17) is 9.47 Å². The summed E-state index contributed by atoms with van der Waals surface area (Å²) in [7, 11) is 0. The van der Waals surface area contributed by atoms with E-state index in [0.29, 0.717) is 23.5 Å². The summed E-state index contributed by atoms with van der Waals surface area (Å²) in [6.45, 7) is 1.50. The van der Waals surface area contributed by atoms with Crippen LogP contribution in [0, 0.1) is 0 Å². The summed E-state index contributed by atoms with van der Waals surface area (Å²) in [4.78, 5) is 20.2. The van der Waals surface area contributed by atoms with E-state index < -0.39 is 0 Å². The van der Waals surface area contributed by atoms with Crippen molar-refractivity contribution in [2.45, 2.75) is 95.2 Å². The summed E-state index contributed by atoms with van der Waals surface area (Å²) in [5.74, 6) is 0.786. The molecule has 3 fully saturated rings. The molecule has 5 nitrogen and oxygen atoms in total. The molecule has 0 bridgehead atoms. The van der Waals surface area contributed by atoms with Crippen molar-refractivity contribution in [2.24, 2.45) is 0 Å². The fourth-order valence-electron chi connectivity index (χ4n) is 5.04. The monoisotopic (exact) mass is 386 g/mol. The second-order valence-corrected chi connectivity index (χ2v) is 8.61. The molecular formula is C23H34N2O3. The molecule has 1 aromatic heterocycles. The van der Waals surface area contributed by atoms with Crippen molar-refractivity contribution in [1.29, 1.82) is 0 Å². The maximum absolute atomic E-state index is 13.5. The van der Waals surface area contributed by atoms with Gasteiger partial charge in [0, 0.05) is 37.2 Å². The average molecular weight is 387 g/mol. The zero-order valence-electron chi connectivity index (χ0n) is 17.0. The molecule has 3 aliphatic rings. The maximum Gasteiger partial charge on any atom is 0.255 e. The second kappa shape index (κ2) is 9.73. The molecule has 154 valence electrons. The highest BCUT2D eigenvalue weighted by molar-refractivity contribution is 5.94. The van der Waals surface area contributed by atoms with Gasteiger partial charge in [0.05, 0.1) is 18.8 Å². The molecular weight excluding hydrogens is 352 g/mol. The summed E-state index contributed by atoms with van der Waals surface area (Å²) in [5.41, 5.74) is 0.704. The Morgan fingerprint density at radius 2 is 1.50 bits per heavy atom. The van der Waals surface area contributed by atoms with Crippen molar-refractivity contribution in [3.05, 3.63) is 23.9 Å². The lowest BCUT2D eigenvalue weighted by molar-refractivity contribution is 0.0237. The minimum Gasteiger partial charge on any atom is -0.474 e. The molecule has 0 unspecified atom stereocenters. The van der Waals surface area contributed by atoms with E-state index in [2.05, 4.69) is 9.88 Å². The van der Waals surface area contributed by atoms with Gasteiger partial charge in [-0.25, -0.2) is 4.98 Å². The van der Waals surface area contributed by atoms with Gasteiger partial charge < -0.3 is 14.4 Å². The normalized spacial score (nSPS) is 22.7. The van der Waals surface area contributed by atoms with Crippen LogP contribution in [0.5, 0.6) is 5.88 Å². The van der Waals surface area contributed by atoms with Gasteiger partial charge >= 0.3 is 0 Å². The number of rotatable bonds is 5. The number of amides is 1. The van der Waals surface area contributed by atoms with Gasteiger partial charge in [-0.05, 0) is 31.7 Å². The van der Waals surface area contributed by atoms with Crippen LogP contribution in [0.1, 0.15) is 87.4 Å². The molecule has 0 radical (unpaired) electrons. The van der Waals surface area contributed by atoms with Crippen molar-refractivity contribution in [3.63, 3.8) is 0 Å². The molecule has 1 aromatic rings. The number of hydrogen-bond donors (Lipinski definition) is 0. The lowest BCUT2D eigenvalue weighted by atomic mass is 9.88. The fourth-order valence-corrected chi connectivity index (χ4v) is 5.04. The zero-order valence-corrected chi connectivity index (χ0v) is 17.0. The number of carbonyl (C=O) groups is 1. The van der Waals surface area contributed by atoms with Crippen molar-refractivity contribution in [1.82, 2.24) is 9.88 Å². The van der Waals surface area contributed by atoms with Crippen LogP contribution < -0.4 is 4.74 Å². The second-order valence-electron chi connectivity index (χ2n) is 8.61. The van der Waals surface area contributed by atoms with Crippen LogP contribution in [0.15, 0.2) is 18.3 Å². The number of pyridine rings is 1. The van der Waals surface area contributed by atoms with E-state index in [9.17, 15) is 4.79 Å². The van der Waals surface area contributed by atoms with E-state index in [-0.39, 0.29) is 12.0 Å². The van der Waals surface area contributed by atoms with E-state index >= 15 is 0 Å². The minimum absolute atomic E-state index is 0.170. The molecule has 0 aromatic carbocycles. The predicted molar refractivity (Wildman–Crippen MR) is 109 cm³/mol. The minimum atomic E-state index is 0.170. The third-order valence-electron chi connectivity index (χ3n) is 6.61. The van der Waals surface area contributed by atoms with Gasteiger partial charge in [-0.3, -0.25) is 4.79 Å². The summed E-state index contributed by atoms with van der Waals surface area (Å²) in [5, 5.41) is 0. The standard InChI is InChI=1S/C23H34N2O3/c26-23(18-11-12-22(24-17-18)28-21-13-15-27-16-14-21)25(19-7-3-1-4-8-19)20-9-5-2-6-10-20/h11-12,17,19-21H,1-10,13-16H2. The summed E-state index contributed by atoms with van der Waals surface area (Å²) >= 11 is 0. The van der Waals surface area contributed by atoms with Crippen molar-refractivity contribution >= 4 is 5.91 Å². The van der Waals surface area contributed by atoms with Crippen LogP contribution in [0.2, 0.25) is 0 Å². The molecule has 1 amide bonds. The zero-order chi connectivity index (χ0) is 19.2. The van der Waals surface area contributed by atoms with Gasteiger partial charge in [-0.15, -0.1) is 0 Å². The van der Waals surface area contributed by atoms with Gasteiger partial charge in [-0.1, -0.05) is 38.5 Å². The first-order valence-corrected chi connectivity index (χ1v) is 11.3. The van der Waals surface area contributed by atoms with Crippen LogP contribution in [0.25, 0.3) is 0 Å². The number of nitrogens with zero attached hydrogens (tertiary/aromatic N) is 2. The number of hydrogen-bond acceptors (Lipinski definition) is 4. The van der Waals surface area contributed by atoms with Gasteiger partial charge in [0.1, 0.15) is 6.10 Å². The molecule has 2 saturated carbocycles. The van der Waals surface area contributed by atoms with Gasteiger partial charge in [-0.2, -0.15) is 0 Å². The predicted octanol–water partition coefficient (Wildman–Crippen LogP) is 4.75.